The molecule has 0 fully saturated rings. The normalized spacial score (nSPS) is 11.3. The van der Waals surface area contributed by atoms with Gasteiger partial charge >= 0.3 is 0 Å². The molecule has 0 aliphatic rings. The molecule has 0 radical (unpaired) electrons. The number of aromatic nitrogens is 3. The maximum Gasteiger partial charge on any atom is 0.194 e. The van der Waals surface area contributed by atoms with Gasteiger partial charge in [0, 0.05) is 39.3 Å². The second kappa shape index (κ2) is 8.19. The van der Waals surface area contributed by atoms with Crippen molar-refractivity contribution in [1.29, 1.82) is 0 Å². The Kier molecular flexibility index (Phi) is 6.00. The van der Waals surface area contributed by atoms with Gasteiger partial charge in [-0.2, -0.15) is 5.10 Å². The van der Waals surface area contributed by atoms with E-state index in [0.717, 1.165) is 28.8 Å². The zero-order valence-electron chi connectivity index (χ0n) is 14.8. The Morgan fingerprint density at radius 3 is 2.71 bits per heavy atom. The van der Waals surface area contributed by atoms with Gasteiger partial charge in [-0.15, -0.1) is 0 Å². The second-order valence-electron chi connectivity index (χ2n) is 5.23. The summed E-state index contributed by atoms with van der Waals surface area (Å²) < 4.78 is 12.4. The first kappa shape index (κ1) is 17.6. The maximum absolute atomic E-state index is 5.45. The van der Waals surface area contributed by atoms with Gasteiger partial charge in [0.1, 0.15) is 23.7 Å². The molecule has 0 saturated heterocycles. The number of hydrogen-bond acceptors (Lipinski definition) is 5. The third-order valence-corrected chi connectivity index (χ3v) is 3.68. The van der Waals surface area contributed by atoms with Gasteiger partial charge in [0.25, 0.3) is 0 Å². The van der Waals surface area contributed by atoms with E-state index < -0.39 is 0 Å². The quantitative estimate of drug-likeness (QED) is 0.629. The molecule has 0 bridgehead atoms. The average molecular weight is 332 g/mol. The molecule has 130 valence electrons. The molecule has 0 atom stereocenters. The third-order valence-electron chi connectivity index (χ3n) is 3.68. The third kappa shape index (κ3) is 4.15. The second-order valence-corrected chi connectivity index (χ2v) is 5.23. The predicted molar refractivity (Wildman–Crippen MR) is 92.2 cm³/mol. The summed E-state index contributed by atoms with van der Waals surface area (Å²) in [4.78, 5) is 10.5. The first-order valence-electron chi connectivity index (χ1n) is 7.54. The van der Waals surface area contributed by atoms with Crippen molar-refractivity contribution in [2.75, 3.05) is 28.3 Å². The van der Waals surface area contributed by atoms with Crippen molar-refractivity contribution < 1.29 is 9.47 Å². The van der Waals surface area contributed by atoms with Crippen LogP contribution in [0.4, 0.5) is 0 Å². The highest BCUT2D eigenvalue weighted by atomic mass is 16.5. The van der Waals surface area contributed by atoms with Crippen molar-refractivity contribution in [1.82, 2.24) is 25.0 Å². The Bertz CT molecular complexity index is 698. The molecule has 1 aromatic heterocycles. The van der Waals surface area contributed by atoms with E-state index in [4.69, 9.17) is 9.47 Å². The zero-order valence-corrected chi connectivity index (χ0v) is 14.8. The van der Waals surface area contributed by atoms with Gasteiger partial charge in [-0.25, -0.2) is 4.98 Å². The predicted octanol–water partition coefficient (Wildman–Crippen LogP) is 1.04. The minimum absolute atomic E-state index is 0.549. The van der Waals surface area contributed by atoms with Gasteiger partial charge in [-0.05, 0) is 12.1 Å². The Hall–Kier alpha value is -2.77. The first-order valence-corrected chi connectivity index (χ1v) is 7.54. The molecule has 0 amide bonds. The van der Waals surface area contributed by atoms with Crippen LogP contribution in [0.15, 0.2) is 29.5 Å². The van der Waals surface area contributed by atoms with E-state index in [2.05, 4.69) is 20.4 Å². The van der Waals surface area contributed by atoms with Crippen molar-refractivity contribution in [2.45, 2.75) is 13.1 Å². The Morgan fingerprint density at radius 1 is 1.33 bits per heavy atom. The monoisotopic (exact) mass is 332 g/mol. The number of nitrogens with one attached hydrogen (secondary N) is 1. The van der Waals surface area contributed by atoms with Crippen LogP contribution in [0.3, 0.4) is 0 Å². The Balaban J connectivity index is 2.04. The maximum atomic E-state index is 5.45. The number of ether oxygens (including phenoxy) is 2. The topological polar surface area (TPSA) is 76.8 Å². The Labute approximate surface area is 142 Å². The summed E-state index contributed by atoms with van der Waals surface area (Å²) in [6, 6.07) is 5.78. The largest absolute Gasteiger partial charge is 0.497 e. The van der Waals surface area contributed by atoms with Gasteiger partial charge in [0.15, 0.2) is 5.96 Å². The van der Waals surface area contributed by atoms with Crippen LogP contribution in [0, 0.1) is 0 Å². The summed E-state index contributed by atoms with van der Waals surface area (Å²) in [7, 11) is 8.87. The van der Waals surface area contributed by atoms with Crippen molar-refractivity contribution >= 4 is 5.96 Å². The van der Waals surface area contributed by atoms with Crippen molar-refractivity contribution in [3.63, 3.8) is 0 Å². The van der Waals surface area contributed by atoms with E-state index in [9.17, 15) is 0 Å². The van der Waals surface area contributed by atoms with Gasteiger partial charge in [-0.3, -0.25) is 9.67 Å². The molecule has 0 unspecified atom stereocenters. The molecule has 1 aromatic carbocycles. The van der Waals surface area contributed by atoms with Crippen LogP contribution in [0.2, 0.25) is 0 Å². The molecule has 8 nitrogen and oxygen atoms in total. The van der Waals surface area contributed by atoms with Crippen molar-refractivity contribution in [3.8, 4) is 11.5 Å². The fourth-order valence-electron chi connectivity index (χ4n) is 2.34. The van der Waals surface area contributed by atoms with Crippen LogP contribution >= 0.6 is 0 Å². The molecule has 0 aliphatic heterocycles. The lowest BCUT2D eigenvalue weighted by atomic mass is 10.2. The molecule has 24 heavy (non-hydrogen) atoms. The molecule has 2 rings (SSSR count). The van der Waals surface area contributed by atoms with E-state index >= 15 is 0 Å². The fraction of sp³-hybridized carbons (Fsp3) is 0.438. The van der Waals surface area contributed by atoms with E-state index in [1.54, 1.807) is 25.9 Å². The van der Waals surface area contributed by atoms with E-state index in [1.165, 1.54) is 6.33 Å². The SMILES string of the molecule is CN=C(NCc1ncnn1C)N(C)Cc1ccc(OC)cc1OC. The minimum Gasteiger partial charge on any atom is -0.497 e. The highest BCUT2D eigenvalue weighted by Gasteiger charge is 2.12. The van der Waals surface area contributed by atoms with Crippen molar-refractivity contribution in [2.24, 2.45) is 12.0 Å². The molecule has 1 heterocycles. The molecule has 0 spiro atoms. The lowest BCUT2D eigenvalue weighted by Gasteiger charge is -2.23. The van der Waals surface area contributed by atoms with Gasteiger partial charge < -0.3 is 19.7 Å². The summed E-state index contributed by atoms with van der Waals surface area (Å²) in [5, 5.41) is 7.34. The number of nitrogens with zero attached hydrogens (tertiary/aromatic N) is 5. The molecule has 1 N–H and O–H groups in total. The molecule has 2 aromatic rings. The van der Waals surface area contributed by atoms with E-state index in [1.807, 2.05) is 37.2 Å². The lowest BCUT2D eigenvalue weighted by Crippen LogP contribution is -2.38. The summed E-state index contributed by atoms with van der Waals surface area (Å²) in [5.41, 5.74) is 1.04. The number of guanidine groups is 1. The summed E-state index contributed by atoms with van der Waals surface area (Å²) >= 11 is 0. The van der Waals surface area contributed by atoms with Crippen LogP contribution in [0.1, 0.15) is 11.4 Å². The standard InChI is InChI=1S/C16H24N6O2/c1-17-16(18-9-15-19-11-20-22(15)3)21(2)10-12-6-7-13(23-4)8-14(12)24-5/h6-8,11H,9-10H2,1-5H3,(H,17,18). The first-order chi connectivity index (χ1) is 11.6. The van der Waals surface area contributed by atoms with Crippen LogP contribution in [-0.2, 0) is 20.1 Å². The Morgan fingerprint density at radius 2 is 2.12 bits per heavy atom. The van der Waals surface area contributed by atoms with Crippen LogP contribution in [-0.4, -0.2) is 53.9 Å². The van der Waals surface area contributed by atoms with Crippen LogP contribution in [0.5, 0.6) is 11.5 Å². The fourth-order valence-corrected chi connectivity index (χ4v) is 2.34. The molecule has 0 aliphatic carbocycles. The highest BCUT2D eigenvalue weighted by molar-refractivity contribution is 5.79. The lowest BCUT2D eigenvalue weighted by molar-refractivity contribution is 0.382. The highest BCUT2D eigenvalue weighted by Crippen LogP contribution is 2.25. The van der Waals surface area contributed by atoms with Crippen LogP contribution in [0.25, 0.3) is 0 Å². The summed E-state index contributed by atoms with van der Waals surface area (Å²) in [6.07, 6.45) is 1.53. The van der Waals surface area contributed by atoms with Gasteiger partial charge in [-0.1, -0.05) is 0 Å². The number of aryl methyl sites for hydroxylation is 1. The number of rotatable bonds is 6. The zero-order chi connectivity index (χ0) is 17.5. The van der Waals surface area contributed by atoms with Crippen LogP contribution < -0.4 is 14.8 Å². The molecule has 0 saturated carbocycles. The number of aliphatic imine (C=N–C) groups is 1. The summed E-state index contributed by atoms with van der Waals surface area (Å²) in [6.45, 7) is 1.19. The molecular weight excluding hydrogens is 308 g/mol. The average Bonchev–Trinajstić information content (AvgIpc) is 3.01. The number of benzene rings is 1. The molecule has 8 heteroatoms. The van der Waals surface area contributed by atoms with Gasteiger partial charge in [0.2, 0.25) is 0 Å². The number of hydrogen-bond donors (Lipinski definition) is 1. The van der Waals surface area contributed by atoms with Crippen molar-refractivity contribution in [3.05, 3.63) is 35.9 Å². The van der Waals surface area contributed by atoms with E-state index in [-0.39, 0.29) is 0 Å². The van der Waals surface area contributed by atoms with Gasteiger partial charge in [0.05, 0.1) is 20.8 Å². The molecular formula is C16H24N6O2. The van der Waals surface area contributed by atoms with E-state index in [0.29, 0.717) is 13.1 Å². The summed E-state index contributed by atoms with van der Waals surface area (Å²) in [5.74, 6) is 3.15. The minimum atomic E-state index is 0.549. The number of methoxy groups -OCH3 is 2. The smallest absolute Gasteiger partial charge is 0.194 e.